The molecule has 108 valence electrons. The number of aromatic nitrogens is 2. The predicted molar refractivity (Wildman–Crippen MR) is 82.9 cm³/mol. The third-order valence-electron chi connectivity index (χ3n) is 2.92. The van der Waals surface area contributed by atoms with Gasteiger partial charge in [0.05, 0.1) is 5.56 Å². The Morgan fingerprint density at radius 3 is 2.64 bits per heavy atom. The van der Waals surface area contributed by atoms with Crippen molar-refractivity contribution in [3.05, 3.63) is 64.5 Å². The average molecular weight is 356 g/mol. The number of hydrogen-bond donors (Lipinski definition) is 0. The van der Waals surface area contributed by atoms with E-state index in [1.165, 1.54) is 0 Å². The van der Waals surface area contributed by atoms with Crippen molar-refractivity contribution in [2.45, 2.75) is 6.61 Å². The molecule has 0 atom stereocenters. The van der Waals surface area contributed by atoms with E-state index in [2.05, 4.69) is 32.2 Å². The first-order valence-electron chi connectivity index (χ1n) is 6.46. The lowest BCUT2D eigenvalue weighted by molar-refractivity contribution is 0.264. The van der Waals surface area contributed by atoms with Crippen LogP contribution in [0.1, 0.15) is 11.5 Å². The highest BCUT2D eigenvalue weighted by Gasteiger charge is 2.10. The Bertz CT molecular complexity index is 822. The SMILES string of the molecule is N#Cc1ccccc1OCc1nnc(-c2ccc(Br)cc2)o1. The molecule has 0 aliphatic rings. The molecule has 1 aromatic heterocycles. The first-order chi connectivity index (χ1) is 10.8. The minimum absolute atomic E-state index is 0.113. The quantitative estimate of drug-likeness (QED) is 0.708. The normalized spacial score (nSPS) is 10.2. The first kappa shape index (κ1) is 14.3. The van der Waals surface area contributed by atoms with Gasteiger partial charge in [-0.15, -0.1) is 10.2 Å². The summed E-state index contributed by atoms with van der Waals surface area (Å²) in [7, 11) is 0. The molecule has 22 heavy (non-hydrogen) atoms. The summed E-state index contributed by atoms with van der Waals surface area (Å²) in [5, 5.41) is 16.9. The Labute approximate surface area is 135 Å². The number of nitriles is 1. The van der Waals surface area contributed by atoms with Crippen molar-refractivity contribution < 1.29 is 9.15 Å². The molecule has 0 bridgehead atoms. The van der Waals surface area contributed by atoms with Crippen LogP contribution in [0.5, 0.6) is 5.75 Å². The van der Waals surface area contributed by atoms with Crippen molar-refractivity contribution in [2.24, 2.45) is 0 Å². The highest BCUT2D eigenvalue weighted by atomic mass is 79.9. The van der Waals surface area contributed by atoms with E-state index < -0.39 is 0 Å². The average Bonchev–Trinajstić information content (AvgIpc) is 3.03. The maximum Gasteiger partial charge on any atom is 0.254 e. The monoisotopic (exact) mass is 355 g/mol. The molecule has 0 aliphatic heterocycles. The van der Waals surface area contributed by atoms with E-state index in [1.807, 2.05) is 24.3 Å². The van der Waals surface area contributed by atoms with E-state index in [4.69, 9.17) is 14.4 Å². The van der Waals surface area contributed by atoms with Gasteiger partial charge in [-0.3, -0.25) is 0 Å². The summed E-state index contributed by atoms with van der Waals surface area (Å²) in [6.07, 6.45) is 0. The Kier molecular flexibility index (Phi) is 4.17. The zero-order chi connectivity index (χ0) is 15.4. The lowest BCUT2D eigenvalue weighted by Crippen LogP contribution is -1.97. The van der Waals surface area contributed by atoms with Gasteiger partial charge in [0.1, 0.15) is 11.8 Å². The lowest BCUT2D eigenvalue weighted by atomic mass is 10.2. The van der Waals surface area contributed by atoms with Crippen molar-refractivity contribution >= 4 is 15.9 Å². The zero-order valence-electron chi connectivity index (χ0n) is 11.4. The molecule has 1 heterocycles. The van der Waals surface area contributed by atoms with Gasteiger partial charge in [0, 0.05) is 10.0 Å². The van der Waals surface area contributed by atoms with Crippen LogP contribution >= 0.6 is 15.9 Å². The van der Waals surface area contributed by atoms with Crippen molar-refractivity contribution in [1.29, 1.82) is 5.26 Å². The maximum absolute atomic E-state index is 9.01. The number of ether oxygens (including phenoxy) is 1. The van der Waals surface area contributed by atoms with Crippen molar-refractivity contribution in [3.8, 4) is 23.3 Å². The van der Waals surface area contributed by atoms with Crippen LogP contribution in [0.2, 0.25) is 0 Å². The molecule has 0 unspecified atom stereocenters. The molecular weight excluding hydrogens is 346 g/mol. The summed E-state index contributed by atoms with van der Waals surface area (Å²) >= 11 is 3.37. The lowest BCUT2D eigenvalue weighted by Gasteiger charge is -2.04. The van der Waals surface area contributed by atoms with Crippen molar-refractivity contribution in [3.63, 3.8) is 0 Å². The number of halogens is 1. The van der Waals surface area contributed by atoms with Crippen LogP contribution in [0.3, 0.4) is 0 Å². The number of para-hydroxylation sites is 1. The van der Waals surface area contributed by atoms with Gasteiger partial charge in [-0.25, -0.2) is 0 Å². The van der Waals surface area contributed by atoms with Gasteiger partial charge in [0.2, 0.25) is 5.89 Å². The standard InChI is InChI=1S/C16H10BrN3O2/c17-13-7-5-11(6-8-13)16-20-19-15(22-16)10-21-14-4-2-1-3-12(14)9-18/h1-8H,10H2. The van der Waals surface area contributed by atoms with E-state index in [0.717, 1.165) is 10.0 Å². The molecule has 0 N–H and O–H groups in total. The summed E-state index contributed by atoms with van der Waals surface area (Å²) in [6.45, 7) is 0.113. The summed E-state index contributed by atoms with van der Waals surface area (Å²) in [5.41, 5.74) is 1.30. The van der Waals surface area contributed by atoms with Gasteiger partial charge in [0.15, 0.2) is 6.61 Å². The fourth-order valence-electron chi connectivity index (χ4n) is 1.85. The molecule has 3 aromatic rings. The van der Waals surface area contributed by atoms with Gasteiger partial charge < -0.3 is 9.15 Å². The second kappa shape index (κ2) is 6.41. The largest absolute Gasteiger partial charge is 0.482 e. The van der Waals surface area contributed by atoms with E-state index in [1.54, 1.807) is 24.3 Å². The van der Waals surface area contributed by atoms with Crippen LogP contribution in [0.4, 0.5) is 0 Å². The van der Waals surface area contributed by atoms with Gasteiger partial charge in [0.25, 0.3) is 5.89 Å². The highest BCUT2D eigenvalue weighted by Crippen LogP contribution is 2.22. The number of hydrogen-bond acceptors (Lipinski definition) is 5. The predicted octanol–water partition coefficient (Wildman–Crippen LogP) is 3.95. The Morgan fingerprint density at radius 1 is 1.09 bits per heavy atom. The second-order valence-electron chi connectivity index (χ2n) is 4.40. The maximum atomic E-state index is 9.01. The molecule has 0 saturated carbocycles. The van der Waals surface area contributed by atoms with Gasteiger partial charge in [-0.1, -0.05) is 28.1 Å². The fourth-order valence-corrected chi connectivity index (χ4v) is 2.11. The van der Waals surface area contributed by atoms with Crippen LogP contribution < -0.4 is 4.74 Å². The minimum Gasteiger partial charge on any atom is -0.482 e. The number of nitrogens with zero attached hydrogens (tertiary/aromatic N) is 3. The summed E-state index contributed by atoms with van der Waals surface area (Å²) < 4.78 is 12.1. The molecular formula is C16H10BrN3O2. The van der Waals surface area contributed by atoms with Crippen LogP contribution in [-0.2, 0) is 6.61 Å². The molecule has 0 fully saturated rings. The molecule has 2 aromatic carbocycles. The van der Waals surface area contributed by atoms with Crippen molar-refractivity contribution in [1.82, 2.24) is 10.2 Å². The van der Waals surface area contributed by atoms with Crippen molar-refractivity contribution in [2.75, 3.05) is 0 Å². The third-order valence-corrected chi connectivity index (χ3v) is 3.45. The molecule has 0 amide bonds. The minimum atomic E-state index is 0.113. The topological polar surface area (TPSA) is 71.9 Å². The van der Waals surface area contributed by atoms with E-state index in [0.29, 0.717) is 23.1 Å². The van der Waals surface area contributed by atoms with E-state index in [-0.39, 0.29) is 6.61 Å². The van der Waals surface area contributed by atoms with Crippen LogP contribution in [0, 0.1) is 11.3 Å². The Hall–Kier alpha value is -2.65. The first-order valence-corrected chi connectivity index (χ1v) is 7.26. The fraction of sp³-hybridized carbons (Fsp3) is 0.0625. The molecule has 0 spiro atoms. The number of rotatable bonds is 4. The summed E-state index contributed by atoms with van der Waals surface area (Å²) in [5.74, 6) is 1.28. The summed E-state index contributed by atoms with van der Waals surface area (Å²) in [6, 6.07) is 16.6. The number of benzene rings is 2. The molecule has 3 rings (SSSR count). The molecule has 6 heteroatoms. The molecule has 0 saturated heterocycles. The highest BCUT2D eigenvalue weighted by molar-refractivity contribution is 9.10. The smallest absolute Gasteiger partial charge is 0.254 e. The molecule has 0 aliphatic carbocycles. The summed E-state index contributed by atoms with van der Waals surface area (Å²) in [4.78, 5) is 0. The Morgan fingerprint density at radius 2 is 1.86 bits per heavy atom. The Balaban J connectivity index is 1.72. The molecule has 0 radical (unpaired) electrons. The van der Waals surface area contributed by atoms with Crippen LogP contribution in [-0.4, -0.2) is 10.2 Å². The van der Waals surface area contributed by atoms with E-state index in [9.17, 15) is 0 Å². The van der Waals surface area contributed by atoms with Crippen LogP contribution in [0.15, 0.2) is 57.4 Å². The second-order valence-corrected chi connectivity index (χ2v) is 5.32. The van der Waals surface area contributed by atoms with Gasteiger partial charge in [-0.05, 0) is 36.4 Å². The zero-order valence-corrected chi connectivity index (χ0v) is 12.9. The third kappa shape index (κ3) is 3.15. The van der Waals surface area contributed by atoms with Gasteiger partial charge >= 0.3 is 0 Å². The van der Waals surface area contributed by atoms with Crippen LogP contribution in [0.25, 0.3) is 11.5 Å². The van der Waals surface area contributed by atoms with E-state index >= 15 is 0 Å². The molecule has 5 nitrogen and oxygen atoms in total. The van der Waals surface area contributed by atoms with Gasteiger partial charge in [-0.2, -0.15) is 5.26 Å².